The molecule has 1 atom stereocenters. The third-order valence-corrected chi connectivity index (χ3v) is 4.20. The maximum absolute atomic E-state index is 12.5. The van der Waals surface area contributed by atoms with Crippen molar-refractivity contribution < 1.29 is 9.32 Å². The molecular weight excluding hydrogens is 260 g/mol. The van der Waals surface area contributed by atoms with Crippen LogP contribution < -0.4 is 0 Å². The molecule has 5 heteroatoms. The van der Waals surface area contributed by atoms with E-state index in [2.05, 4.69) is 5.16 Å². The van der Waals surface area contributed by atoms with Crippen molar-refractivity contribution in [2.45, 2.75) is 32.2 Å². The lowest BCUT2D eigenvalue weighted by Gasteiger charge is -2.34. The highest BCUT2D eigenvalue weighted by Gasteiger charge is 2.30. The van der Waals surface area contributed by atoms with Gasteiger partial charge in [-0.25, -0.2) is 0 Å². The van der Waals surface area contributed by atoms with Gasteiger partial charge in [0.25, 0.3) is 5.91 Å². The molecule has 0 bridgehead atoms. The average molecular weight is 276 g/mol. The SMILES string of the molecule is Cc1cc([C@H]2CCCCN2C(=O)c2ccsc2)no1. The zero-order valence-corrected chi connectivity index (χ0v) is 11.7. The van der Waals surface area contributed by atoms with E-state index in [-0.39, 0.29) is 11.9 Å². The predicted octanol–water partition coefficient (Wildman–Crippen LogP) is 3.41. The van der Waals surface area contributed by atoms with Gasteiger partial charge in [0.05, 0.1) is 11.6 Å². The maximum Gasteiger partial charge on any atom is 0.255 e. The first kappa shape index (κ1) is 12.4. The normalized spacial score (nSPS) is 19.6. The number of aryl methyl sites for hydroxylation is 1. The summed E-state index contributed by atoms with van der Waals surface area (Å²) in [6.45, 7) is 2.68. The highest BCUT2D eigenvalue weighted by molar-refractivity contribution is 7.08. The van der Waals surface area contributed by atoms with Crippen molar-refractivity contribution in [3.8, 4) is 0 Å². The zero-order valence-electron chi connectivity index (χ0n) is 10.8. The van der Waals surface area contributed by atoms with Crippen LogP contribution in [0.4, 0.5) is 0 Å². The molecule has 0 radical (unpaired) electrons. The number of thiophene rings is 1. The Morgan fingerprint density at radius 2 is 2.42 bits per heavy atom. The molecule has 1 amide bonds. The van der Waals surface area contributed by atoms with Crippen LogP contribution in [0.25, 0.3) is 0 Å². The summed E-state index contributed by atoms with van der Waals surface area (Å²) in [6, 6.07) is 3.87. The van der Waals surface area contributed by atoms with E-state index >= 15 is 0 Å². The summed E-state index contributed by atoms with van der Waals surface area (Å²) >= 11 is 1.55. The predicted molar refractivity (Wildman–Crippen MR) is 73.2 cm³/mol. The molecule has 3 heterocycles. The van der Waals surface area contributed by atoms with E-state index in [4.69, 9.17) is 4.52 Å². The standard InChI is InChI=1S/C14H16N2O2S/c1-10-8-12(15-18-10)13-4-2-3-6-16(13)14(17)11-5-7-19-9-11/h5,7-9,13H,2-4,6H2,1H3/t13-/m1/s1. The van der Waals surface area contributed by atoms with Crippen molar-refractivity contribution in [3.05, 3.63) is 39.9 Å². The molecule has 1 aliphatic heterocycles. The number of amides is 1. The molecule has 1 aliphatic rings. The van der Waals surface area contributed by atoms with Crippen molar-refractivity contribution in [1.82, 2.24) is 10.1 Å². The van der Waals surface area contributed by atoms with E-state index in [0.717, 1.165) is 42.8 Å². The van der Waals surface area contributed by atoms with E-state index in [1.807, 2.05) is 34.7 Å². The summed E-state index contributed by atoms with van der Waals surface area (Å²) < 4.78 is 5.15. The first-order valence-corrected chi connectivity index (χ1v) is 7.46. The highest BCUT2D eigenvalue weighted by Crippen LogP contribution is 2.32. The van der Waals surface area contributed by atoms with Gasteiger partial charge in [-0.15, -0.1) is 0 Å². The lowest BCUT2D eigenvalue weighted by atomic mass is 9.98. The Morgan fingerprint density at radius 1 is 1.53 bits per heavy atom. The molecule has 0 aliphatic carbocycles. The van der Waals surface area contributed by atoms with Gasteiger partial charge in [-0.3, -0.25) is 4.79 Å². The third kappa shape index (κ3) is 2.42. The van der Waals surface area contributed by atoms with Crippen LogP contribution in [0.15, 0.2) is 27.4 Å². The molecule has 4 nitrogen and oxygen atoms in total. The summed E-state index contributed by atoms with van der Waals surface area (Å²) in [4.78, 5) is 14.5. The average Bonchev–Trinajstić information content (AvgIpc) is 3.09. The zero-order chi connectivity index (χ0) is 13.2. The molecule has 1 fully saturated rings. The third-order valence-electron chi connectivity index (χ3n) is 3.52. The molecule has 2 aromatic rings. The first-order valence-electron chi connectivity index (χ1n) is 6.52. The Morgan fingerprint density at radius 3 is 3.11 bits per heavy atom. The van der Waals surface area contributed by atoms with Crippen molar-refractivity contribution >= 4 is 17.2 Å². The van der Waals surface area contributed by atoms with Gasteiger partial charge in [-0.1, -0.05) is 5.16 Å². The quantitative estimate of drug-likeness (QED) is 0.844. The van der Waals surface area contributed by atoms with Crippen LogP contribution in [0.1, 0.15) is 47.1 Å². The van der Waals surface area contributed by atoms with Gasteiger partial charge in [0.15, 0.2) is 0 Å². The Hall–Kier alpha value is -1.62. The van der Waals surface area contributed by atoms with E-state index in [1.165, 1.54) is 0 Å². The minimum absolute atomic E-state index is 0.0543. The van der Waals surface area contributed by atoms with Gasteiger partial charge in [-0.2, -0.15) is 11.3 Å². The van der Waals surface area contributed by atoms with Gasteiger partial charge in [0, 0.05) is 18.0 Å². The lowest BCUT2D eigenvalue weighted by Crippen LogP contribution is -2.38. The summed E-state index contributed by atoms with van der Waals surface area (Å²) in [6.07, 6.45) is 3.15. The van der Waals surface area contributed by atoms with Crippen LogP contribution in [-0.2, 0) is 0 Å². The van der Waals surface area contributed by atoms with Crippen LogP contribution in [0.5, 0.6) is 0 Å². The van der Waals surface area contributed by atoms with Gasteiger partial charge >= 0.3 is 0 Å². The van der Waals surface area contributed by atoms with Gasteiger partial charge in [0.1, 0.15) is 11.5 Å². The smallest absolute Gasteiger partial charge is 0.255 e. The highest BCUT2D eigenvalue weighted by atomic mass is 32.1. The van der Waals surface area contributed by atoms with E-state index in [1.54, 1.807) is 11.3 Å². The van der Waals surface area contributed by atoms with E-state index < -0.39 is 0 Å². The van der Waals surface area contributed by atoms with Gasteiger partial charge in [-0.05, 0) is 37.6 Å². The van der Waals surface area contributed by atoms with Crippen molar-refractivity contribution in [2.24, 2.45) is 0 Å². The molecule has 0 spiro atoms. The largest absolute Gasteiger partial charge is 0.361 e. The summed E-state index contributed by atoms with van der Waals surface area (Å²) in [7, 11) is 0. The maximum atomic E-state index is 12.5. The fourth-order valence-corrected chi connectivity index (χ4v) is 3.21. The molecule has 0 saturated carbocycles. The van der Waals surface area contributed by atoms with Crippen LogP contribution >= 0.6 is 11.3 Å². The Bertz CT molecular complexity index is 562. The first-order chi connectivity index (χ1) is 9.25. The van der Waals surface area contributed by atoms with Crippen molar-refractivity contribution in [1.29, 1.82) is 0 Å². The fourth-order valence-electron chi connectivity index (χ4n) is 2.58. The van der Waals surface area contributed by atoms with Crippen LogP contribution in [0.3, 0.4) is 0 Å². The molecule has 0 N–H and O–H groups in total. The number of hydrogen-bond acceptors (Lipinski definition) is 4. The summed E-state index contributed by atoms with van der Waals surface area (Å²) in [5.41, 5.74) is 1.65. The number of likely N-dealkylation sites (tertiary alicyclic amines) is 1. The van der Waals surface area contributed by atoms with Gasteiger partial charge < -0.3 is 9.42 Å². The molecule has 100 valence electrons. The molecule has 3 rings (SSSR count). The van der Waals surface area contributed by atoms with Gasteiger partial charge in [0.2, 0.25) is 0 Å². The van der Waals surface area contributed by atoms with E-state index in [9.17, 15) is 4.79 Å². The monoisotopic (exact) mass is 276 g/mol. The van der Waals surface area contributed by atoms with Crippen LogP contribution in [0.2, 0.25) is 0 Å². The summed E-state index contributed by atoms with van der Waals surface area (Å²) in [5.74, 6) is 0.898. The number of rotatable bonds is 2. The Labute approximate surface area is 116 Å². The topological polar surface area (TPSA) is 46.3 Å². The molecule has 0 unspecified atom stereocenters. The second-order valence-electron chi connectivity index (χ2n) is 4.88. The number of carbonyl (C=O) groups is 1. The lowest BCUT2D eigenvalue weighted by molar-refractivity contribution is 0.0602. The second kappa shape index (κ2) is 5.17. The van der Waals surface area contributed by atoms with E-state index in [0.29, 0.717) is 0 Å². The second-order valence-corrected chi connectivity index (χ2v) is 5.66. The number of piperidine rings is 1. The molecule has 1 saturated heterocycles. The molecular formula is C14H16N2O2S. The van der Waals surface area contributed by atoms with Crippen LogP contribution in [-0.4, -0.2) is 22.5 Å². The Kier molecular flexibility index (Phi) is 3.38. The number of nitrogens with zero attached hydrogens (tertiary/aromatic N) is 2. The van der Waals surface area contributed by atoms with Crippen molar-refractivity contribution in [3.63, 3.8) is 0 Å². The molecule has 19 heavy (non-hydrogen) atoms. The Balaban J connectivity index is 1.87. The molecule has 0 aromatic carbocycles. The summed E-state index contributed by atoms with van der Waals surface area (Å²) in [5, 5.41) is 7.93. The molecule has 2 aromatic heterocycles. The number of aromatic nitrogens is 1. The minimum Gasteiger partial charge on any atom is -0.361 e. The number of hydrogen-bond donors (Lipinski definition) is 0. The minimum atomic E-state index is 0.0543. The number of carbonyl (C=O) groups excluding carboxylic acids is 1. The van der Waals surface area contributed by atoms with Crippen molar-refractivity contribution in [2.75, 3.05) is 6.54 Å². The fraction of sp³-hybridized carbons (Fsp3) is 0.429. The van der Waals surface area contributed by atoms with Crippen LogP contribution in [0, 0.1) is 6.92 Å².